The zero-order chi connectivity index (χ0) is 13.7. The number of nitro benzene ring substituents is 1. The number of hydrogen-bond acceptors (Lipinski definition) is 4. The monoisotopic (exact) mass is 319 g/mol. The van der Waals surface area contributed by atoms with Gasteiger partial charge in [0.15, 0.2) is 0 Å². The van der Waals surface area contributed by atoms with Gasteiger partial charge in [-0.05, 0) is 23.8 Å². The summed E-state index contributed by atoms with van der Waals surface area (Å²) in [4.78, 5) is 10.2. The highest BCUT2D eigenvalue weighted by molar-refractivity contribution is 9.10. The van der Waals surface area contributed by atoms with Gasteiger partial charge in [-0.1, -0.05) is 34.1 Å². The van der Waals surface area contributed by atoms with Gasteiger partial charge in [0, 0.05) is 16.6 Å². The number of halogens is 1. The fourth-order valence-corrected chi connectivity index (χ4v) is 1.87. The first kappa shape index (κ1) is 13.2. The molecule has 0 heterocycles. The van der Waals surface area contributed by atoms with E-state index in [0.717, 1.165) is 10.0 Å². The van der Waals surface area contributed by atoms with E-state index in [4.69, 9.17) is 0 Å². The van der Waals surface area contributed by atoms with E-state index in [1.54, 1.807) is 18.3 Å². The van der Waals surface area contributed by atoms with Crippen LogP contribution in [0, 0.1) is 10.1 Å². The smallest absolute Gasteiger partial charge is 0.271 e. The second-order valence-corrected chi connectivity index (χ2v) is 4.65. The maximum atomic E-state index is 10.6. The molecule has 2 rings (SSSR count). The van der Waals surface area contributed by atoms with Crippen LogP contribution in [0.1, 0.15) is 5.56 Å². The van der Waals surface area contributed by atoms with Crippen LogP contribution < -0.4 is 5.43 Å². The number of anilines is 1. The van der Waals surface area contributed by atoms with Crippen molar-refractivity contribution in [1.82, 2.24) is 0 Å². The van der Waals surface area contributed by atoms with E-state index in [1.165, 1.54) is 12.1 Å². The summed E-state index contributed by atoms with van der Waals surface area (Å²) in [7, 11) is 0. The number of hydrogen-bond donors (Lipinski definition) is 1. The fourth-order valence-electron chi connectivity index (χ4n) is 1.46. The number of nitrogens with zero attached hydrogens (tertiary/aromatic N) is 2. The second-order valence-electron chi connectivity index (χ2n) is 3.73. The van der Waals surface area contributed by atoms with Gasteiger partial charge in [-0.25, -0.2) is 0 Å². The van der Waals surface area contributed by atoms with Gasteiger partial charge < -0.3 is 0 Å². The van der Waals surface area contributed by atoms with Crippen LogP contribution in [0.2, 0.25) is 0 Å². The molecule has 0 radical (unpaired) electrons. The van der Waals surface area contributed by atoms with Gasteiger partial charge in [0.1, 0.15) is 0 Å². The molecule has 5 nitrogen and oxygen atoms in total. The van der Waals surface area contributed by atoms with Gasteiger partial charge in [-0.2, -0.15) is 5.10 Å². The van der Waals surface area contributed by atoms with Crippen LogP contribution in [-0.4, -0.2) is 11.1 Å². The van der Waals surface area contributed by atoms with Gasteiger partial charge in [-0.3, -0.25) is 15.5 Å². The van der Waals surface area contributed by atoms with Crippen LogP contribution in [0.5, 0.6) is 0 Å². The lowest BCUT2D eigenvalue weighted by Gasteiger charge is -1.99. The van der Waals surface area contributed by atoms with Crippen molar-refractivity contribution in [1.29, 1.82) is 0 Å². The first-order valence-corrected chi connectivity index (χ1v) is 6.23. The molecule has 19 heavy (non-hydrogen) atoms. The lowest BCUT2D eigenvalue weighted by atomic mass is 10.2. The van der Waals surface area contributed by atoms with Crippen molar-refractivity contribution in [2.75, 3.05) is 5.43 Å². The minimum Gasteiger partial charge on any atom is -0.278 e. The molecule has 2 aromatic rings. The Bertz CT molecular complexity index is 629. The van der Waals surface area contributed by atoms with Gasteiger partial charge in [0.2, 0.25) is 0 Å². The molecule has 0 atom stereocenters. The van der Waals surface area contributed by atoms with Gasteiger partial charge in [-0.15, -0.1) is 0 Å². The first-order valence-electron chi connectivity index (χ1n) is 5.44. The van der Waals surface area contributed by atoms with Crippen LogP contribution in [0.3, 0.4) is 0 Å². The molecule has 0 amide bonds. The van der Waals surface area contributed by atoms with E-state index in [9.17, 15) is 10.1 Å². The van der Waals surface area contributed by atoms with Gasteiger partial charge in [0.05, 0.1) is 16.8 Å². The summed E-state index contributed by atoms with van der Waals surface area (Å²) in [5.41, 5.74) is 4.28. The van der Waals surface area contributed by atoms with Gasteiger partial charge >= 0.3 is 0 Å². The Morgan fingerprint density at radius 3 is 2.74 bits per heavy atom. The summed E-state index contributed by atoms with van der Waals surface area (Å²) in [5, 5.41) is 14.7. The van der Waals surface area contributed by atoms with Crippen molar-refractivity contribution in [2.45, 2.75) is 0 Å². The third-order valence-corrected chi connectivity index (χ3v) is 2.81. The standard InChI is InChI=1S/C13H10BrN3O2/c14-11-4-1-3-10(7-11)9-15-16-12-5-2-6-13(8-12)17(18)19/h1-9,16H/b15-9-. The number of non-ortho nitro benzene ring substituents is 1. The summed E-state index contributed by atoms with van der Waals surface area (Å²) in [6.07, 6.45) is 1.64. The Balaban J connectivity index is 2.06. The quantitative estimate of drug-likeness (QED) is 0.529. The molecule has 96 valence electrons. The van der Waals surface area contributed by atoms with Crippen LogP contribution in [0.4, 0.5) is 11.4 Å². The molecule has 0 saturated heterocycles. The largest absolute Gasteiger partial charge is 0.278 e. The number of nitrogens with one attached hydrogen (secondary N) is 1. The molecule has 0 fully saturated rings. The number of benzene rings is 2. The molecular formula is C13H10BrN3O2. The Morgan fingerprint density at radius 1 is 1.21 bits per heavy atom. The molecule has 0 saturated carbocycles. The van der Waals surface area contributed by atoms with Crippen molar-refractivity contribution < 1.29 is 4.92 Å². The number of hydrazone groups is 1. The maximum Gasteiger partial charge on any atom is 0.271 e. The van der Waals surface area contributed by atoms with Crippen LogP contribution in [0.25, 0.3) is 0 Å². The molecule has 0 unspecified atom stereocenters. The maximum absolute atomic E-state index is 10.6. The Kier molecular flexibility index (Phi) is 4.25. The molecular weight excluding hydrogens is 310 g/mol. The third-order valence-electron chi connectivity index (χ3n) is 2.31. The summed E-state index contributed by atoms with van der Waals surface area (Å²) in [5.74, 6) is 0. The highest BCUT2D eigenvalue weighted by atomic mass is 79.9. The molecule has 0 bridgehead atoms. The number of nitro groups is 1. The van der Waals surface area contributed by atoms with Crippen molar-refractivity contribution in [2.24, 2.45) is 5.10 Å². The normalized spacial score (nSPS) is 10.6. The molecule has 0 aliphatic heterocycles. The number of rotatable bonds is 4. The van der Waals surface area contributed by atoms with Crippen LogP contribution in [0.15, 0.2) is 58.1 Å². The highest BCUT2D eigenvalue weighted by Gasteiger charge is 2.04. The summed E-state index contributed by atoms with van der Waals surface area (Å²) >= 11 is 3.37. The molecule has 6 heteroatoms. The van der Waals surface area contributed by atoms with E-state index in [0.29, 0.717) is 5.69 Å². The van der Waals surface area contributed by atoms with Crippen molar-refractivity contribution in [3.63, 3.8) is 0 Å². The second kappa shape index (κ2) is 6.10. The third kappa shape index (κ3) is 3.89. The van der Waals surface area contributed by atoms with Crippen LogP contribution >= 0.6 is 15.9 Å². The average molecular weight is 320 g/mol. The Hall–Kier alpha value is -2.21. The van der Waals surface area contributed by atoms with Crippen LogP contribution in [-0.2, 0) is 0 Å². The SMILES string of the molecule is O=[N+]([O-])c1cccc(N/N=C\c2cccc(Br)c2)c1. The highest BCUT2D eigenvalue weighted by Crippen LogP contribution is 2.17. The topological polar surface area (TPSA) is 67.5 Å². The average Bonchev–Trinajstić information content (AvgIpc) is 2.39. The lowest BCUT2D eigenvalue weighted by molar-refractivity contribution is -0.384. The zero-order valence-electron chi connectivity index (χ0n) is 9.79. The molecule has 1 N–H and O–H groups in total. The van der Waals surface area contributed by atoms with Crippen molar-refractivity contribution in [3.05, 3.63) is 68.7 Å². The van der Waals surface area contributed by atoms with Crippen molar-refractivity contribution >= 4 is 33.5 Å². The molecule has 0 aliphatic carbocycles. The molecule has 2 aromatic carbocycles. The minimum atomic E-state index is -0.441. The fraction of sp³-hybridized carbons (Fsp3) is 0. The van der Waals surface area contributed by atoms with Gasteiger partial charge in [0.25, 0.3) is 5.69 Å². The summed E-state index contributed by atoms with van der Waals surface area (Å²) < 4.78 is 0.965. The Morgan fingerprint density at radius 2 is 2.00 bits per heavy atom. The predicted molar refractivity (Wildman–Crippen MR) is 78.5 cm³/mol. The van der Waals surface area contributed by atoms with E-state index in [-0.39, 0.29) is 5.69 Å². The zero-order valence-corrected chi connectivity index (χ0v) is 11.4. The lowest BCUT2D eigenvalue weighted by Crippen LogP contribution is -1.93. The Labute approximate surface area is 118 Å². The van der Waals surface area contributed by atoms with E-state index in [2.05, 4.69) is 26.5 Å². The summed E-state index contributed by atoms with van der Waals surface area (Å²) in [6.45, 7) is 0. The van der Waals surface area contributed by atoms with Crippen molar-refractivity contribution in [3.8, 4) is 0 Å². The molecule has 0 aromatic heterocycles. The first-order chi connectivity index (χ1) is 9.15. The van der Waals surface area contributed by atoms with E-state index >= 15 is 0 Å². The minimum absolute atomic E-state index is 0.0302. The van der Waals surface area contributed by atoms with E-state index in [1.807, 2.05) is 24.3 Å². The molecule has 0 spiro atoms. The molecule has 0 aliphatic rings. The predicted octanol–water partition coefficient (Wildman–Crippen LogP) is 3.80. The summed E-state index contributed by atoms with van der Waals surface area (Å²) in [6, 6.07) is 13.8. The van der Waals surface area contributed by atoms with E-state index < -0.39 is 4.92 Å².